The Bertz CT molecular complexity index is 1280. The highest BCUT2D eigenvalue weighted by Gasteiger charge is 2.60. The van der Waals surface area contributed by atoms with Gasteiger partial charge in [0.25, 0.3) is 0 Å². The Labute approximate surface area is 252 Å². The lowest BCUT2D eigenvalue weighted by molar-refractivity contribution is -0.136. The van der Waals surface area contributed by atoms with Crippen LogP contribution in [0.2, 0.25) is 0 Å². The van der Waals surface area contributed by atoms with Crippen LogP contribution in [0.1, 0.15) is 101 Å². The summed E-state index contributed by atoms with van der Waals surface area (Å²) in [5.41, 5.74) is 2.85. The summed E-state index contributed by atoms with van der Waals surface area (Å²) in [6.07, 6.45) is 6.80. The van der Waals surface area contributed by atoms with Crippen molar-refractivity contribution in [3.05, 3.63) is 64.7 Å². The predicted octanol–water partition coefficient (Wildman–Crippen LogP) is 6.96. The van der Waals surface area contributed by atoms with Gasteiger partial charge in [-0.05, 0) is 126 Å². The molecule has 0 aromatic heterocycles. The summed E-state index contributed by atoms with van der Waals surface area (Å²) in [6, 6.07) is 15.0. The summed E-state index contributed by atoms with van der Waals surface area (Å²) in [4.78, 5) is 17.6. The first-order chi connectivity index (χ1) is 20.0. The van der Waals surface area contributed by atoms with E-state index in [2.05, 4.69) is 55.1 Å². The molecule has 2 aromatic rings. The van der Waals surface area contributed by atoms with E-state index in [1.807, 2.05) is 31.7 Å². The molecule has 2 aliphatic carbocycles. The second-order valence-electron chi connectivity index (χ2n) is 14.6. The van der Waals surface area contributed by atoms with Crippen LogP contribution < -0.4 is 4.74 Å². The summed E-state index contributed by atoms with van der Waals surface area (Å²) >= 11 is 0. The first-order valence-electron chi connectivity index (χ1n) is 16.3. The fourth-order valence-electron chi connectivity index (χ4n) is 7.67. The number of carbonyl (C=O) groups excluding carboxylic acids is 1. The SMILES string of the molecule is Cc1cc(C2CC2)c(OCc2ccccc2)cc1C12CCN(C(=O)OC(C)(C)C)CCC1(O)C(C)N(CC1CC1)CC2. The minimum Gasteiger partial charge on any atom is -0.489 e. The molecular weight excluding hydrogens is 524 g/mol. The zero-order valence-corrected chi connectivity index (χ0v) is 26.3. The van der Waals surface area contributed by atoms with Gasteiger partial charge in [-0.3, -0.25) is 4.90 Å². The number of aliphatic hydroxyl groups is 1. The lowest BCUT2D eigenvalue weighted by Crippen LogP contribution is -2.68. The van der Waals surface area contributed by atoms with Gasteiger partial charge in [-0.15, -0.1) is 0 Å². The predicted molar refractivity (Wildman–Crippen MR) is 166 cm³/mol. The van der Waals surface area contributed by atoms with E-state index in [0.717, 1.165) is 36.7 Å². The third kappa shape index (κ3) is 5.81. The molecule has 3 unspecified atom stereocenters. The number of nitrogens with zero attached hydrogens (tertiary/aromatic N) is 2. The first-order valence-corrected chi connectivity index (χ1v) is 16.3. The number of hydrogen-bond acceptors (Lipinski definition) is 5. The molecule has 1 amide bonds. The Hall–Kier alpha value is -2.57. The number of piperidine rings is 1. The molecule has 2 heterocycles. The zero-order valence-electron chi connectivity index (χ0n) is 26.3. The van der Waals surface area contributed by atoms with Gasteiger partial charge in [0, 0.05) is 31.1 Å². The average molecular weight is 575 g/mol. The molecule has 6 heteroatoms. The van der Waals surface area contributed by atoms with E-state index in [-0.39, 0.29) is 12.1 Å². The molecule has 2 aromatic carbocycles. The van der Waals surface area contributed by atoms with Crippen molar-refractivity contribution < 1.29 is 19.4 Å². The van der Waals surface area contributed by atoms with E-state index in [1.54, 1.807) is 0 Å². The Kier molecular flexibility index (Phi) is 7.84. The van der Waals surface area contributed by atoms with Gasteiger partial charge in [0.1, 0.15) is 18.0 Å². The van der Waals surface area contributed by atoms with Crippen LogP contribution in [0.25, 0.3) is 0 Å². The fourth-order valence-corrected chi connectivity index (χ4v) is 7.67. The van der Waals surface area contributed by atoms with Gasteiger partial charge in [-0.25, -0.2) is 4.79 Å². The van der Waals surface area contributed by atoms with Gasteiger partial charge in [0.2, 0.25) is 0 Å². The van der Waals surface area contributed by atoms with Crippen LogP contribution in [0.4, 0.5) is 4.79 Å². The topological polar surface area (TPSA) is 62.2 Å². The quantitative estimate of drug-likeness (QED) is 0.388. The molecule has 6 nitrogen and oxygen atoms in total. The molecule has 0 radical (unpaired) electrons. The van der Waals surface area contributed by atoms with Crippen LogP contribution in [0.3, 0.4) is 0 Å². The Morgan fingerprint density at radius 3 is 2.36 bits per heavy atom. The van der Waals surface area contributed by atoms with E-state index >= 15 is 0 Å². The van der Waals surface area contributed by atoms with E-state index in [4.69, 9.17) is 9.47 Å². The van der Waals surface area contributed by atoms with Gasteiger partial charge in [0.15, 0.2) is 0 Å². The molecule has 42 heavy (non-hydrogen) atoms. The highest BCUT2D eigenvalue weighted by atomic mass is 16.6. The molecule has 2 saturated heterocycles. The number of fused-ring (bicyclic) bond motifs is 1. The highest BCUT2D eigenvalue weighted by Crippen LogP contribution is 2.55. The molecule has 0 bridgehead atoms. The van der Waals surface area contributed by atoms with Crippen molar-refractivity contribution in [2.24, 2.45) is 5.92 Å². The van der Waals surface area contributed by atoms with Crippen molar-refractivity contribution in [2.75, 3.05) is 26.2 Å². The third-order valence-corrected chi connectivity index (χ3v) is 10.4. The molecule has 4 aliphatic rings. The monoisotopic (exact) mass is 574 g/mol. The summed E-state index contributed by atoms with van der Waals surface area (Å²) < 4.78 is 12.4. The third-order valence-electron chi connectivity index (χ3n) is 10.4. The van der Waals surface area contributed by atoms with Gasteiger partial charge < -0.3 is 19.5 Å². The number of rotatable bonds is 7. The standard InChI is InChI=1S/C36H50N2O4/c1-25-21-30(29-13-14-29)32(41-24-28-9-7-6-8-10-28)22-31(25)35-15-18-37(33(39)42-34(3,4)5)20-17-36(35,40)26(2)38(19-16-35)23-27-11-12-27/h6-10,21-22,26-27,29,40H,11-20,23-24H2,1-5H3. The lowest BCUT2D eigenvalue weighted by atomic mass is 9.57. The second kappa shape index (κ2) is 11.2. The maximum Gasteiger partial charge on any atom is 0.410 e. The maximum atomic E-state index is 13.3. The van der Waals surface area contributed by atoms with Gasteiger partial charge >= 0.3 is 6.09 Å². The summed E-state index contributed by atoms with van der Waals surface area (Å²) in [5.74, 6) is 2.26. The van der Waals surface area contributed by atoms with Crippen LogP contribution in [-0.4, -0.2) is 64.4 Å². The number of aryl methyl sites for hydroxylation is 1. The van der Waals surface area contributed by atoms with Crippen molar-refractivity contribution in [1.29, 1.82) is 0 Å². The summed E-state index contributed by atoms with van der Waals surface area (Å²) in [7, 11) is 0. The van der Waals surface area contributed by atoms with E-state index in [9.17, 15) is 9.90 Å². The molecule has 1 N–H and O–H groups in total. The van der Waals surface area contributed by atoms with Crippen LogP contribution >= 0.6 is 0 Å². The fraction of sp³-hybridized carbons (Fsp3) is 0.639. The molecule has 2 saturated carbocycles. The first kappa shape index (κ1) is 29.5. The number of likely N-dealkylation sites (tertiary alicyclic amines) is 2. The normalized spacial score (nSPS) is 28.6. The summed E-state index contributed by atoms with van der Waals surface area (Å²) in [5, 5.41) is 13.0. The molecule has 3 atom stereocenters. The average Bonchev–Trinajstić information content (AvgIpc) is 3.85. The highest BCUT2D eigenvalue weighted by molar-refractivity contribution is 5.68. The minimum absolute atomic E-state index is 0.0124. The van der Waals surface area contributed by atoms with Crippen molar-refractivity contribution in [3.63, 3.8) is 0 Å². The van der Waals surface area contributed by atoms with Crippen LogP contribution in [0.5, 0.6) is 5.75 Å². The van der Waals surface area contributed by atoms with Crippen molar-refractivity contribution in [2.45, 2.75) is 115 Å². The van der Waals surface area contributed by atoms with E-state index < -0.39 is 16.6 Å². The van der Waals surface area contributed by atoms with Gasteiger partial charge in [-0.1, -0.05) is 36.4 Å². The summed E-state index contributed by atoms with van der Waals surface area (Å²) in [6.45, 7) is 13.8. The Morgan fingerprint density at radius 1 is 1.00 bits per heavy atom. The van der Waals surface area contributed by atoms with Gasteiger partial charge in [-0.2, -0.15) is 0 Å². The minimum atomic E-state index is -0.987. The molecule has 0 spiro atoms. The molecular formula is C36H50N2O4. The zero-order chi connectivity index (χ0) is 29.7. The van der Waals surface area contributed by atoms with Crippen LogP contribution in [0.15, 0.2) is 42.5 Å². The van der Waals surface area contributed by atoms with E-state index in [1.165, 1.54) is 42.4 Å². The molecule has 4 fully saturated rings. The lowest BCUT2D eigenvalue weighted by Gasteiger charge is -2.58. The maximum absolute atomic E-state index is 13.3. The number of carbonyl (C=O) groups is 1. The number of amides is 1. The van der Waals surface area contributed by atoms with Crippen molar-refractivity contribution in [1.82, 2.24) is 9.80 Å². The largest absolute Gasteiger partial charge is 0.489 e. The Balaban J connectivity index is 1.38. The molecule has 2 aliphatic heterocycles. The Morgan fingerprint density at radius 2 is 1.69 bits per heavy atom. The van der Waals surface area contributed by atoms with E-state index in [0.29, 0.717) is 38.5 Å². The van der Waals surface area contributed by atoms with Gasteiger partial charge in [0.05, 0.1) is 5.60 Å². The smallest absolute Gasteiger partial charge is 0.410 e. The molecule has 228 valence electrons. The number of benzene rings is 2. The molecule has 6 rings (SSSR count). The van der Waals surface area contributed by atoms with Crippen LogP contribution in [-0.2, 0) is 16.8 Å². The van der Waals surface area contributed by atoms with Crippen LogP contribution in [0, 0.1) is 12.8 Å². The number of ether oxygens (including phenoxy) is 2. The van der Waals surface area contributed by atoms with Crippen molar-refractivity contribution >= 4 is 6.09 Å². The second-order valence-corrected chi connectivity index (χ2v) is 14.6. The van der Waals surface area contributed by atoms with Crippen molar-refractivity contribution in [3.8, 4) is 5.75 Å². The number of hydrogen-bond donors (Lipinski definition) is 1.